The van der Waals surface area contributed by atoms with Crippen LogP contribution < -0.4 is 4.74 Å². The van der Waals surface area contributed by atoms with E-state index in [9.17, 15) is 35.1 Å². The molecule has 0 amide bonds. The van der Waals surface area contributed by atoms with Crippen molar-refractivity contribution in [2.75, 3.05) is 0 Å². The fourth-order valence-corrected chi connectivity index (χ4v) is 4.09. The predicted molar refractivity (Wildman–Crippen MR) is 127 cm³/mol. The van der Waals surface area contributed by atoms with Crippen LogP contribution in [-0.2, 0) is 6.11 Å². The lowest BCUT2D eigenvalue weighted by Crippen LogP contribution is -2.25. The molecule has 0 spiro atoms. The summed E-state index contributed by atoms with van der Waals surface area (Å²) in [7, 11) is 0. The Kier molecular flexibility index (Phi) is 7.23. The normalized spacial score (nSPS) is 13.3. The van der Waals surface area contributed by atoms with Gasteiger partial charge in [-0.15, -0.1) is 0 Å². The molecule has 1 aliphatic carbocycles. The molecular formula is C29H20F8O. The Morgan fingerprint density at radius 2 is 1.13 bits per heavy atom. The van der Waals surface area contributed by atoms with Gasteiger partial charge in [0.2, 0.25) is 0 Å². The molecule has 0 radical (unpaired) electrons. The number of hydrogen-bond acceptors (Lipinski definition) is 1. The smallest absolute Gasteiger partial charge is 0.429 e. The average Bonchev–Trinajstić information content (AvgIpc) is 3.67. The van der Waals surface area contributed by atoms with Crippen molar-refractivity contribution in [3.63, 3.8) is 0 Å². The molecule has 38 heavy (non-hydrogen) atoms. The molecule has 1 saturated carbocycles. The lowest BCUT2D eigenvalue weighted by molar-refractivity contribution is -0.189. The van der Waals surface area contributed by atoms with E-state index in [1.807, 2.05) is 24.3 Å². The van der Waals surface area contributed by atoms with E-state index in [1.54, 1.807) is 0 Å². The van der Waals surface area contributed by atoms with E-state index in [-0.39, 0.29) is 30.7 Å². The van der Waals surface area contributed by atoms with Crippen LogP contribution in [-0.4, -0.2) is 0 Å². The molecule has 0 unspecified atom stereocenters. The molecule has 4 aromatic rings. The van der Waals surface area contributed by atoms with Crippen LogP contribution in [0.3, 0.4) is 0 Å². The molecule has 4 aromatic carbocycles. The second-order valence-electron chi connectivity index (χ2n) is 8.73. The highest BCUT2D eigenvalue weighted by Gasteiger charge is 2.41. The zero-order chi connectivity index (χ0) is 26.5. The fourth-order valence-electron chi connectivity index (χ4n) is 4.09. The zero-order valence-corrected chi connectivity index (χ0v) is 18.8. The van der Waals surface area contributed by atoms with Gasteiger partial charge in [-0.3, -0.25) is 0 Å². The first kappa shape index (κ1) is 27.2. The third kappa shape index (κ3) is 5.23. The molecule has 1 fully saturated rings. The predicted octanol–water partition coefficient (Wildman–Crippen LogP) is 9.50. The highest BCUT2D eigenvalue weighted by molar-refractivity contribution is 5.71. The van der Waals surface area contributed by atoms with Crippen LogP contribution in [0.1, 0.15) is 37.3 Å². The standard InChI is InChI=1S/C28H16F8O.CH4/c29-21-9-17(16-5-3-15(4-6-16)14-1-2-14)7-8-20(21)18-10-22(30)26(23(31)11-18)28(35,36)37-19-12-24(32)27(34)25(33)13-19;/h3-14H,1-2H2;1H4. The monoisotopic (exact) mass is 536 g/mol. The molecule has 0 atom stereocenters. The first-order valence-electron chi connectivity index (χ1n) is 11.1. The van der Waals surface area contributed by atoms with Gasteiger partial charge in [0.1, 0.15) is 28.8 Å². The van der Waals surface area contributed by atoms with Gasteiger partial charge in [-0.2, -0.15) is 8.78 Å². The first-order chi connectivity index (χ1) is 17.5. The Hall–Kier alpha value is -3.88. The van der Waals surface area contributed by atoms with Gasteiger partial charge >= 0.3 is 6.11 Å². The molecule has 5 rings (SSSR count). The van der Waals surface area contributed by atoms with Crippen LogP contribution in [0.15, 0.2) is 66.7 Å². The quantitative estimate of drug-likeness (QED) is 0.176. The van der Waals surface area contributed by atoms with Gasteiger partial charge in [-0.1, -0.05) is 43.8 Å². The second-order valence-corrected chi connectivity index (χ2v) is 8.73. The summed E-state index contributed by atoms with van der Waals surface area (Å²) in [5.74, 6) is -10.7. The molecule has 0 heterocycles. The summed E-state index contributed by atoms with van der Waals surface area (Å²) in [5.41, 5.74) is -0.0272. The zero-order valence-electron chi connectivity index (χ0n) is 18.8. The molecule has 0 aromatic heterocycles. The lowest BCUT2D eigenvalue weighted by atomic mass is 9.97. The van der Waals surface area contributed by atoms with Crippen molar-refractivity contribution in [1.29, 1.82) is 0 Å². The van der Waals surface area contributed by atoms with Gasteiger partial charge in [0, 0.05) is 17.7 Å². The molecule has 0 aliphatic heterocycles. The van der Waals surface area contributed by atoms with Crippen molar-refractivity contribution in [1.82, 2.24) is 0 Å². The van der Waals surface area contributed by atoms with Crippen molar-refractivity contribution in [3.05, 3.63) is 113 Å². The van der Waals surface area contributed by atoms with E-state index in [1.165, 1.54) is 23.8 Å². The summed E-state index contributed by atoms with van der Waals surface area (Å²) in [6, 6.07) is 12.8. The summed E-state index contributed by atoms with van der Waals surface area (Å²) in [4.78, 5) is 0. The van der Waals surface area contributed by atoms with Gasteiger partial charge in [0.25, 0.3) is 0 Å². The Balaban J connectivity index is 0.00000336. The van der Waals surface area contributed by atoms with E-state index >= 15 is 0 Å². The minimum absolute atomic E-state index is 0. The average molecular weight is 536 g/mol. The molecule has 9 heteroatoms. The summed E-state index contributed by atoms with van der Waals surface area (Å²) >= 11 is 0. The van der Waals surface area contributed by atoms with Crippen LogP contribution in [0.25, 0.3) is 22.3 Å². The molecule has 0 saturated heterocycles. The topological polar surface area (TPSA) is 9.23 Å². The SMILES string of the molecule is C.Fc1cc(-c2ccc(C3CC3)cc2)ccc1-c1cc(F)c(C(F)(F)Oc2cc(F)c(F)c(F)c2)c(F)c1. The maximum atomic E-state index is 14.9. The molecule has 1 aliphatic rings. The number of halogens is 8. The third-order valence-corrected chi connectivity index (χ3v) is 6.11. The maximum Gasteiger partial charge on any atom is 0.432 e. The first-order valence-corrected chi connectivity index (χ1v) is 11.1. The Morgan fingerprint density at radius 3 is 1.66 bits per heavy atom. The van der Waals surface area contributed by atoms with Crippen LogP contribution >= 0.6 is 0 Å². The summed E-state index contributed by atoms with van der Waals surface area (Å²) < 4.78 is 117. The van der Waals surface area contributed by atoms with Crippen molar-refractivity contribution < 1.29 is 39.9 Å². The van der Waals surface area contributed by atoms with Gasteiger partial charge < -0.3 is 4.74 Å². The van der Waals surface area contributed by atoms with Crippen LogP contribution in [0, 0.1) is 34.9 Å². The van der Waals surface area contributed by atoms with E-state index in [4.69, 9.17) is 0 Å². The number of hydrogen-bond donors (Lipinski definition) is 0. The summed E-state index contributed by atoms with van der Waals surface area (Å²) in [6.07, 6.45) is -2.47. The lowest BCUT2D eigenvalue weighted by Gasteiger charge is -2.20. The highest BCUT2D eigenvalue weighted by Crippen LogP contribution is 2.41. The number of ether oxygens (including phenoxy) is 1. The van der Waals surface area contributed by atoms with Crippen LogP contribution in [0.5, 0.6) is 5.75 Å². The van der Waals surface area contributed by atoms with E-state index in [0.717, 1.165) is 18.4 Å². The maximum absolute atomic E-state index is 14.9. The van der Waals surface area contributed by atoms with Crippen molar-refractivity contribution >= 4 is 0 Å². The minimum Gasteiger partial charge on any atom is -0.429 e. The van der Waals surface area contributed by atoms with Crippen LogP contribution in [0.2, 0.25) is 0 Å². The summed E-state index contributed by atoms with van der Waals surface area (Å²) in [5, 5.41) is 0. The van der Waals surface area contributed by atoms with Crippen LogP contribution in [0.4, 0.5) is 35.1 Å². The van der Waals surface area contributed by atoms with E-state index in [2.05, 4.69) is 4.74 Å². The Labute approximate surface area is 213 Å². The van der Waals surface area contributed by atoms with E-state index in [0.29, 0.717) is 23.6 Å². The van der Waals surface area contributed by atoms with Crippen molar-refractivity contribution in [2.45, 2.75) is 32.3 Å². The second kappa shape index (κ2) is 10.1. The Morgan fingerprint density at radius 1 is 0.605 bits per heavy atom. The molecule has 1 nitrogen and oxygen atoms in total. The van der Waals surface area contributed by atoms with Gasteiger partial charge in [0.15, 0.2) is 17.5 Å². The molecule has 0 bridgehead atoms. The van der Waals surface area contributed by atoms with Crippen molar-refractivity contribution in [2.24, 2.45) is 0 Å². The minimum atomic E-state index is -4.74. The third-order valence-electron chi connectivity index (χ3n) is 6.11. The fraction of sp³-hybridized carbons (Fsp3) is 0.172. The van der Waals surface area contributed by atoms with E-state index < -0.39 is 52.3 Å². The molecule has 198 valence electrons. The summed E-state index contributed by atoms with van der Waals surface area (Å²) in [6.45, 7) is 0. The molecular weight excluding hydrogens is 516 g/mol. The number of rotatable bonds is 6. The highest BCUT2D eigenvalue weighted by atomic mass is 19.3. The van der Waals surface area contributed by atoms with Gasteiger partial charge in [-0.25, -0.2) is 26.3 Å². The number of benzene rings is 4. The van der Waals surface area contributed by atoms with Gasteiger partial charge in [0.05, 0.1) is 0 Å². The van der Waals surface area contributed by atoms with Gasteiger partial charge in [-0.05, 0) is 59.2 Å². The molecule has 0 N–H and O–H groups in total. The van der Waals surface area contributed by atoms with Crippen molar-refractivity contribution in [3.8, 4) is 28.0 Å². The Bertz CT molecular complexity index is 1450. The number of alkyl halides is 2. The largest absolute Gasteiger partial charge is 0.432 e.